The number of sulfone groups is 1. The highest BCUT2D eigenvalue weighted by atomic mass is 32.2. The number of nitrogens with one attached hydrogen (secondary N) is 1. The summed E-state index contributed by atoms with van der Waals surface area (Å²) < 4.78 is 97.7. The van der Waals surface area contributed by atoms with Gasteiger partial charge < -0.3 is 5.32 Å². The van der Waals surface area contributed by atoms with Gasteiger partial charge in [-0.2, -0.15) is 26.3 Å². The molecule has 0 aromatic rings. The normalized spacial score (nSPS) is 23.7. The topological polar surface area (TPSA) is 63.2 Å². The van der Waals surface area contributed by atoms with Gasteiger partial charge in [-0.25, -0.2) is 8.42 Å². The summed E-state index contributed by atoms with van der Waals surface area (Å²) in [6.45, 7) is 2.79. The second-order valence-corrected chi connectivity index (χ2v) is 5.62. The van der Waals surface area contributed by atoms with E-state index in [0.717, 1.165) is 0 Å². The quantitative estimate of drug-likeness (QED) is 0.534. The van der Waals surface area contributed by atoms with Gasteiger partial charge in [-0.3, -0.25) is 4.79 Å². The molecule has 0 radical (unpaired) electrons. The molecular formula is C7H5F6NO3S. The number of carbonyl (C=O) groups excluding carboxylic acids is 1. The second-order valence-electron chi connectivity index (χ2n) is 3.49. The van der Waals surface area contributed by atoms with E-state index in [1.54, 1.807) is 0 Å². The van der Waals surface area contributed by atoms with Crippen LogP contribution in [-0.2, 0) is 14.6 Å². The fourth-order valence-corrected chi connectivity index (χ4v) is 3.14. The SMILES string of the molecule is C=C1CS(=O)(=O)C(C(F)(F)F)(C(F)(F)F)NC1=O. The van der Waals surface area contributed by atoms with E-state index < -0.39 is 44.3 Å². The third-order valence-electron chi connectivity index (χ3n) is 2.24. The summed E-state index contributed by atoms with van der Waals surface area (Å²) in [4.78, 5) is 5.63. The molecule has 1 aliphatic heterocycles. The largest absolute Gasteiger partial charge is 0.435 e. The van der Waals surface area contributed by atoms with E-state index in [-0.39, 0.29) is 0 Å². The number of alkyl halides is 6. The molecule has 0 aromatic carbocycles. The molecule has 18 heavy (non-hydrogen) atoms. The molecule has 11 heteroatoms. The maximum absolute atomic E-state index is 12.5. The van der Waals surface area contributed by atoms with Crippen LogP contribution in [0.4, 0.5) is 26.3 Å². The lowest BCUT2D eigenvalue weighted by Gasteiger charge is -2.39. The van der Waals surface area contributed by atoms with E-state index in [9.17, 15) is 39.6 Å². The predicted octanol–water partition coefficient (Wildman–Crippen LogP) is 0.908. The zero-order valence-corrected chi connectivity index (χ0v) is 9.13. The highest BCUT2D eigenvalue weighted by molar-refractivity contribution is 7.93. The maximum atomic E-state index is 12.5. The fraction of sp³-hybridized carbons (Fsp3) is 0.571. The van der Waals surface area contributed by atoms with E-state index >= 15 is 0 Å². The minimum absolute atomic E-state index is 0.473. The molecule has 0 spiro atoms. The number of amides is 1. The highest BCUT2D eigenvalue weighted by Gasteiger charge is 2.80. The van der Waals surface area contributed by atoms with Crippen LogP contribution in [0.1, 0.15) is 0 Å². The summed E-state index contributed by atoms with van der Waals surface area (Å²) in [5, 5.41) is 0.473. The number of carbonyl (C=O) groups is 1. The van der Waals surface area contributed by atoms with Gasteiger partial charge in [0, 0.05) is 5.57 Å². The van der Waals surface area contributed by atoms with Crippen LogP contribution in [0.2, 0.25) is 0 Å². The van der Waals surface area contributed by atoms with Gasteiger partial charge in [0.05, 0.1) is 5.75 Å². The number of halogens is 6. The standard InChI is InChI=1S/C7H5F6NO3S/c1-3-2-18(16,17)5(6(8,9)10,7(11,12)13)14-4(3)15/h1-2H2,(H,14,15). The van der Waals surface area contributed by atoms with Crippen molar-refractivity contribution in [3.63, 3.8) is 0 Å². The van der Waals surface area contributed by atoms with Crippen molar-refractivity contribution in [1.82, 2.24) is 5.32 Å². The van der Waals surface area contributed by atoms with E-state index in [1.807, 2.05) is 0 Å². The van der Waals surface area contributed by atoms with Crippen LogP contribution >= 0.6 is 0 Å². The van der Waals surface area contributed by atoms with Gasteiger partial charge in [0.1, 0.15) is 0 Å². The highest BCUT2D eigenvalue weighted by Crippen LogP contribution is 2.48. The van der Waals surface area contributed by atoms with Gasteiger partial charge in [0.25, 0.3) is 0 Å². The van der Waals surface area contributed by atoms with Crippen molar-refractivity contribution in [2.45, 2.75) is 17.2 Å². The van der Waals surface area contributed by atoms with Gasteiger partial charge >= 0.3 is 17.2 Å². The molecule has 0 atom stereocenters. The van der Waals surface area contributed by atoms with Crippen LogP contribution in [0.25, 0.3) is 0 Å². The van der Waals surface area contributed by atoms with Gasteiger partial charge in [-0.1, -0.05) is 6.58 Å². The Labute approximate surface area is 96.6 Å². The number of rotatable bonds is 0. The van der Waals surface area contributed by atoms with Crippen molar-refractivity contribution in [3.8, 4) is 0 Å². The molecule has 1 saturated heterocycles. The summed E-state index contributed by atoms with van der Waals surface area (Å²) >= 11 is 0. The number of hydrogen-bond donors (Lipinski definition) is 1. The molecule has 0 aliphatic carbocycles. The summed E-state index contributed by atoms with van der Waals surface area (Å²) in [5.74, 6) is -3.52. The van der Waals surface area contributed by atoms with Gasteiger partial charge in [0.15, 0.2) is 9.84 Å². The Morgan fingerprint density at radius 1 is 1.11 bits per heavy atom. The van der Waals surface area contributed by atoms with Crippen molar-refractivity contribution < 1.29 is 39.6 Å². The minimum Gasteiger partial charge on any atom is -0.318 e. The first-order valence-electron chi connectivity index (χ1n) is 4.12. The zero-order valence-electron chi connectivity index (χ0n) is 8.31. The smallest absolute Gasteiger partial charge is 0.318 e. The second kappa shape index (κ2) is 3.62. The van der Waals surface area contributed by atoms with Crippen LogP contribution in [0.3, 0.4) is 0 Å². The zero-order chi connectivity index (χ0) is 14.6. The van der Waals surface area contributed by atoms with Crippen LogP contribution in [0.15, 0.2) is 12.2 Å². The molecule has 0 saturated carbocycles. The average molecular weight is 297 g/mol. The minimum atomic E-state index is -6.24. The summed E-state index contributed by atoms with van der Waals surface area (Å²) in [5.41, 5.74) is -0.890. The summed E-state index contributed by atoms with van der Waals surface area (Å²) in [7, 11) is -5.76. The molecule has 1 N–H and O–H groups in total. The van der Waals surface area contributed by atoms with Crippen LogP contribution in [0, 0.1) is 0 Å². The molecule has 1 rings (SSSR count). The molecule has 1 heterocycles. The summed E-state index contributed by atoms with van der Waals surface area (Å²) in [6.07, 6.45) is -12.5. The Bertz CT molecular complexity index is 488. The molecule has 0 unspecified atom stereocenters. The van der Waals surface area contributed by atoms with Crippen molar-refractivity contribution >= 4 is 15.7 Å². The third-order valence-corrected chi connectivity index (χ3v) is 4.47. The van der Waals surface area contributed by atoms with E-state index in [2.05, 4.69) is 6.58 Å². The Hall–Kier alpha value is -1.26. The Morgan fingerprint density at radius 2 is 1.50 bits per heavy atom. The van der Waals surface area contributed by atoms with Crippen molar-refractivity contribution in [3.05, 3.63) is 12.2 Å². The van der Waals surface area contributed by atoms with E-state index in [4.69, 9.17) is 0 Å². The first-order valence-corrected chi connectivity index (χ1v) is 5.77. The summed E-state index contributed by atoms with van der Waals surface area (Å²) in [6, 6.07) is 0. The van der Waals surface area contributed by atoms with Crippen LogP contribution < -0.4 is 5.32 Å². The van der Waals surface area contributed by atoms with E-state index in [0.29, 0.717) is 5.32 Å². The lowest BCUT2D eigenvalue weighted by atomic mass is 10.2. The van der Waals surface area contributed by atoms with Gasteiger partial charge in [-0.05, 0) is 0 Å². The molecule has 1 aliphatic rings. The Morgan fingerprint density at radius 3 is 1.83 bits per heavy atom. The molecule has 1 amide bonds. The van der Waals surface area contributed by atoms with Crippen LogP contribution in [0.5, 0.6) is 0 Å². The van der Waals surface area contributed by atoms with Crippen molar-refractivity contribution in [2.24, 2.45) is 0 Å². The molecule has 104 valence electrons. The lowest BCUT2D eigenvalue weighted by molar-refractivity contribution is -0.275. The first kappa shape index (κ1) is 14.8. The third kappa shape index (κ3) is 1.76. The maximum Gasteiger partial charge on any atom is 0.435 e. The average Bonchev–Trinajstić information content (AvgIpc) is 2.05. The molecule has 4 nitrogen and oxygen atoms in total. The molecular weight excluding hydrogens is 292 g/mol. The predicted molar refractivity (Wildman–Crippen MR) is 45.9 cm³/mol. The van der Waals surface area contributed by atoms with E-state index in [1.165, 1.54) is 0 Å². The molecule has 0 aromatic heterocycles. The lowest BCUT2D eigenvalue weighted by Crippen LogP contribution is -2.74. The van der Waals surface area contributed by atoms with Crippen molar-refractivity contribution in [2.75, 3.05) is 5.75 Å². The first-order chi connectivity index (χ1) is 7.76. The fourth-order valence-electron chi connectivity index (χ4n) is 1.38. The molecule has 0 bridgehead atoms. The Kier molecular flexibility index (Phi) is 2.98. The van der Waals surface area contributed by atoms with Gasteiger partial charge in [-0.15, -0.1) is 0 Å². The number of hydrogen-bond acceptors (Lipinski definition) is 3. The monoisotopic (exact) mass is 297 g/mol. The van der Waals surface area contributed by atoms with Crippen LogP contribution in [-0.4, -0.2) is 37.3 Å². The molecule has 1 fully saturated rings. The van der Waals surface area contributed by atoms with Gasteiger partial charge in [0.2, 0.25) is 5.91 Å². The Balaban J connectivity index is 3.63. The van der Waals surface area contributed by atoms with Crippen molar-refractivity contribution in [1.29, 1.82) is 0 Å².